The van der Waals surface area contributed by atoms with Crippen LogP contribution >= 0.6 is 0 Å². The Labute approximate surface area is 86.7 Å². The van der Waals surface area contributed by atoms with E-state index in [2.05, 4.69) is 15.3 Å². The van der Waals surface area contributed by atoms with Crippen molar-refractivity contribution in [3.05, 3.63) is 46.3 Å². The van der Waals surface area contributed by atoms with E-state index in [0.717, 1.165) is 5.56 Å². The Kier molecular flexibility index (Phi) is 4.00. The second kappa shape index (κ2) is 5.51. The van der Waals surface area contributed by atoms with Crippen molar-refractivity contribution in [1.82, 2.24) is 5.32 Å². The monoisotopic (exact) mass is 205 g/mol. The molecule has 0 spiro atoms. The molecule has 6 nitrogen and oxygen atoms in total. The number of carbonyl (C=O) groups excluding carboxylic acids is 1. The van der Waals surface area contributed by atoms with Crippen molar-refractivity contribution < 1.29 is 4.79 Å². The van der Waals surface area contributed by atoms with Crippen LogP contribution in [0.3, 0.4) is 0 Å². The van der Waals surface area contributed by atoms with E-state index in [1.54, 1.807) is 0 Å². The molecule has 0 saturated carbocycles. The zero-order chi connectivity index (χ0) is 11.1. The quantitative estimate of drug-likeness (QED) is 0.436. The minimum Gasteiger partial charge on any atom is -0.352 e. The summed E-state index contributed by atoms with van der Waals surface area (Å²) < 4.78 is 0. The number of hydrogen-bond acceptors (Lipinski definition) is 2. The minimum atomic E-state index is -0.642. The second-order valence-electron chi connectivity index (χ2n) is 2.89. The SMILES string of the molecule is [N-]=[N+]=NC[C@@H](NC(N)=O)c1ccccc1. The number of rotatable bonds is 4. The van der Waals surface area contributed by atoms with Crippen molar-refractivity contribution in [3.63, 3.8) is 0 Å². The molecular formula is C9H11N5O. The highest BCUT2D eigenvalue weighted by atomic mass is 16.2. The number of benzene rings is 1. The molecule has 0 radical (unpaired) electrons. The average molecular weight is 205 g/mol. The van der Waals surface area contributed by atoms with Gasteiger partial charge in [0, 0.05) is 4.91 Å². The summed E-state index contributed by atoms with van der Waals surface area (Å²) in [7, 11) is 0. The van der Waals surface area contributed by atoms with Crippen molar-refractivity contribution in [1.29, 1.82) is 0 Å². The Balaban J connectivity index is 2.80. The number of carbonyl (C=O) groups is 1. The predicted molar refractivity (Wildman–Crippen MR) is 55.9 cm³/mol. The van der Waals surface area contributed by atoms with Crippen LogP contribution in [-0.4, -0.2) is 12.6 Å². The Hall–Kier alpha value is -2.20. The number of nitrogens with two attached hydrogens (primary N) is 1. The lowest BCUT2D eigenvalue weighted by atomic mass is 10.1. The normalized spacial score (nSPS) is 11.2. The molecule has 0 aromatic heterocycles. The first kappa shape index (κ1) is 10.9. The molecule has 78 valence electrons. The summed E-state index contributed by atoms with van der Waals surface area (Å²) in [6, 6.07) is 8.17. The highest BCUT2D eigenvalue weighted by Crippen LogP contribution is 2.12. The fourth-order valence-corrected chi connectivity index (χ4v) is 1.21. The van der Waals surface area contributed by atoms with E-state index in [1.165, 1.54) is 0 Å². The topological polar surface area (TPSA) is 104 Å². The standard InChI is InChI=1S/C9H11N5O/c10-9(15)13-8(6-12-14-11)7-4-2-1-3-5-7/h1-5,8H,6H2,(H3,10,13,15)/t8-/m1/s1. The zero-order valence-electron chi connectivity index (χ0n) is 8.00. The summed E-state index contributed by atoms with van der Waals surface area (Å²) in [6.07, 6.45) is 0. The van der Waals surface area contributed by atoms with E-state index in [-0.39, 0.29) is 12.6 Å². The van der Waals surface area contributed by atoms with E-state index in [1.807, 2.05) is 30.3 Å². The molecular weight excluding hydrogens is 194 g/mol. The third kappa shape index (κ3) is 3.58. The van der Waals surface area contributed by atoms with E-state index in [9.17, 15) is 4.79 Å². The number of azide groups is 1. The van der Waals surface area contributed by atoms with Crippen LogP contribution in [0.25, 0.3) is 10.4 Å². The van der Waals surface area contributed by atoms with Gasteiger partial charge in [-0.05, 0) is 11.1 Å². The van der Waals surface area contributed by atoms with Gasteiger partial charge in [0.1, 0.15) is 0 Å². The molecule has 0 heterocycles. The van der Waals surface area contributed by atoms with Gasteiger partial charge in [-0.1, -0.05) is 35.4 Å². The van der Waals surface area contributed by atoms with Gasteiger partial charge in [0.15, 0.2) is 0 Å². The van der Waals surface area contributed by atoms with Gasteiger partial charge < -0.3 is 11.1 Å². The summed E-state index contributed by atoms with van der Waals surface area (Å²) >= 11 is 0. The first-order valence-electron chi connectivity index (χ1n) is 4.36. The molecule has 1 rings (SSSR count). The van der Waals surface area contributed by atoms with Gasteiger partial charge in [0.2, 0.25) is 0 Å². The van der Waals surface area contributed by atoms with Crippen molar-refractivity contribution in [3.8, 4) is 0 Å². The number of hydrogen-bond donors (Lipinski definition) is 2. The van der Waals surface area contributed by atoms with Crippen molar-refractivity contribution >= 4 is 6.03 Å². The number of amides is 2. The van der Waals surface area contributed by atoms with Crippen molar-refractivity contribution in [2.75, 3.05) is 6.54 Å². The maximum atomic E-state index is 10.7. The van der Waals surface area contributed by atoms with E-state index in [0.29, 0.717) is 0 Å². The van der Waals surface area contributed by atoms with Crippen LogP contribution in [0.2, 0.25) is 0 Å². The van der Waals surface area contributed by atoms with Crippen LogP contribution in [0, 0.1) is 0 Å². The summed E-state index contributed by atoms with van der Waals surface area (Å²) in [5.74, 6) is 0. The van der Waals surface area contributed by atoms with Gasteiger partial charge in [-0.3, -0.25) is 0 Å². The van der Waals surface area contributed by atoms with Crippen molar-refractivity contribution in [2.45, 2.75) is 6.04 Å². The zero-order valence-corrected chi connectivity index (χ0v) is 8.00. The molecule has 6 heteroatoms. The van der Waals surface area contributed by atoms with Crippen LogP contribution < -0.4 is 11.1 Å². The van der Waals surface area contributed by atoms with Gasteiger partial charge in [-0.15, -0.1) is 0 Å². The van der Waals surface area contributed by atoms with Crippen LogP contribution in [0.4, 0.5) is 4.79 Å². The van der Waals surface area contributed by atoms with E-state index in [4.69, 9.17) is 11.3 Å². The molecule has 1 aromatic carbocycles. The van der Waals surface area contributed by atoms with E-state index < -0.39 is 6.03 Å². The molecule has 1 atom stereocenters. The first-order valence-corrected chi connectivity index (χ1v) is 4.36. The van der Waals surface area contributed by atoms with Crippen LogP contribution in [0.5, 0.6) is 0 Å². The van der Waals surface area contributed by atoms with Crippen LogP contribution in [-0.2, 0) is 0 Å². The lowest BCUT2D eigenvalue weighted by Crippen LogP contribution is -2.34. The number of nitrogens with one attached hydrogen (secondary N) is 1. The number of nitrogens with zero attached hydrogens (tertiary/aromatic N) is 3. The highest BCUT2D eigenvalue weighted by Gasteiger charge is 2.10. The Morgan fingerprint density at radius 2 is 2.20 bits per heavy atom. The molecule has 1 aromatic rings. The fraction of sp³-hybridized carbons (Fsp3) is 0.222. The molecule has 0 aliphatic rings. The molecule has 0 bridgehead atoms. The lowest BCUT2D eigenvalue weighted by Gasteiger charge is -2.15. The third-order valence-corrected chi connectivity index (χ3v) is 1.85. The second-order valence-corrected chi connectivity index (χ2v) is 2.89. The summed E-state index contributed by atoms with van der Waals surface area (Å²) in [5, 5.41) is 5.92. The minimum absolute atomic E-state index is 0.142. The molecule has 0 aliphatic carbocycles. The van der Waals surface area contributed by atoms with Gasteiger partial charge in [0.25, 0.3) is 0 Å². The van der Waals surface area contributed by atoms with Crippen molar-refractivity contribution in [2.24, 2.45) is 10.8 Å². The molecule has 3 N–H and O–H groups in total. The van der Waals surface area contributed by atoms with Gasteiger partial charge in [-0.25, -0.2) is 4.79 Å². The molecule has 2 amide bonds. The molecule has 0 saturated heterocycles. The van der Waals surface area contributed by atoms with Gasteiger partial charge >= 0.3 is 6.03 Å². The average Bonchev–Trinajstić information content (AvgIpc) is 2.25. The van der Waals surface area contributed by atoms with Gasteiger partial charge in [-0.2, -0.15) is 0 Å². The van der Waals surface area contributed by atoms with E-state index >= 15 is 0 Å². The number of primary amides is 1. The predicted octanol–water partition coefficient (Wildman–Crippen LogP) is 1.71. The largest absolute Gasteiger partial charge is 0.352 e. The molecule has 15 heavy (non-hydrogen) atoms. The highest BCUT2D eigenvalue weighted by molar-refractivity contribution is 5.72. The van der Waals surface area contributed by atoms with Crippen LogP contribution in [0.15, 0.2) is 35.4 Å². The Bertz CT molecular complexity index is 367. The maximum Gasteiger partial charge on any atom is 0.312 e. The molecule has 0 fully saturated rings. The lowest BCUT2D eigenvalue weighted by molar-refractivity contribution is 0.245. The summed E-state index contributed by atoms with van der Waals surface area (Å²) in [6.45, 7) is 0.142. The summed E-state index contributed by atoms with van der Waals surface area (Å²) in [4.78, 5) is 13.4. The summed E-state index contributed by atoms with van der Waals surface area (Å²) in [5.41, 5.74) is 14.1. The third-order valence-electron chi connectivity index (χ3n) is 1.85. The number of urea groups is 1. The van der Waals surface area contributed by atoms with Gasteiger partial charge in [0.05, 0.1) is 12.6 Å². The Morgan fingerprint density at radius 1 is 1.53 bits per heavy atom. The smallest absolute Gasteiger partial charge is 0.312 e. The maximum absolute atomic E-state index is 10.7. The van der Waals surface area contributed by atoms with Crippen LogP contribution in [0.1, 0.15) is 11.6 Å². The molecule has 0 aliphatic heterocycles. The Morgan fingerprint density at radius 3 is 2.73 bits per heavy atom. The first-order chi connectivity index (χ1) is 7.24. The fourth-order valence-electron chi connectivity index (χ4n) is 1.21. The molecule has 0 unspecified atom stereocenters.